The number of amides is 2. The van der Waals surface area contributed by atoms with Crippen LogP contribution in [0.15, 0.2) is 36.4 Å². The number of morpholine rings is 1. The molecule has 6 nitrogen and oxygen atoms in total. The average molecular weight is 373 g/mol. The number of hydrogen-bond donors (Lipinski definition) is 3. The van der Waals surface area contributed by atoms with Gasteiger partial charge in [0.2, 0.25) is 0 Å². The maximum Gasteiger partial charge on any atom is 0.261 e. The lowest BCUT2D eigenvalue weighted by atomic mass is 10.1. The number of carbonyl (C=O) groups is 2. The number of carbonyl (C=O) groups excluding carboxylic acids is 2. The topological polar surface area (TPSA) is 79.5 Å². The van der Waals surface area contributed by atoms with E-state index in [-0.39, 0.29) is 17.9 Å². The molecule has 1 aromatic heterocycles. The van der Waals surface area contributed by atoms with Crippen molar-refractivity contribution in [1.29, 1.82) is 0 Å². The summed E-state index contributed by atoms with van der Waals surface area (Å²) in [6, 6.07) is 11.2. The molecule has 1 atom stereocenters. The first-order chi connectivity index (χ1) is 12.7. The third-order valence-corrected chi connectivity index (χ3v) is 5.20. The number of rotatable bonds is 6. The van der Waals surface area contributed by atoms with Gasteiger partial charge in [0.25, 0.3) is 11.8 Å². The Morgan fingerprint density at radius 2 is 2.12 bits per heavy atom. The largest absolute Gasteiger partial charge is 0.374 e. The average Bonchev–Trinajstić information content (AvgIpc) is 3.18. The van der Waals surface area contributed by atoms with Crippen molar-refractivity contribution < 1.29 is 14.3 Å². The van der Waals surface area contributed by atoms with E-state index in [2.05, 4.69) is 16.0 Å². The summed E-state index contributed by atoms with van der Waals surface area (Å²) in [5.41, 5.74) is 1.52. The van der Waals surface area contributed by atoms with Gasteiger partial charge < -0.3 is 20.7 Å². The van der Waals surface area contributed by atoms with Gasteiger partial charge in [0.05, 0.1) is 17.6 Å². The second kappa shape index (κ2) is 8.93. The first kappa shape index (κ1) is 18.6. The van der Waals surface area contributed by atoms with Crippen LogP contribution < -0.4 is 16.0 Å². The van der Waals surface area contributed by atoms with Gasteiger partial charge in [-0.15, -0.1) is 11.3 Å². The van der Waals surface area contributed by atoms with Gasteiger partial charge in [0.15, 0.2) is 0 Å². The molecule has 2 aromatic rings. The van der Waals surface area contributed by atoms with Crippen molar-refractivity contribution in [3.8, 4) is 10.4 Å². The zero-order valence-corrected chi connectivity index (χ0v) is 15.5. The van der Waals surface area contributed by atoms with Gasteiger partial charge in [-0.05, 0) is 36.8 Å². The van der Waals surface area contributed by atoms with Gasteiger partial charge in [0.1, 0.15) is 0 Å². The minimum Gasteiger partial charge on any atom is -0.374 e. The first-order valence-corrected chi connectivity index (χ1v) is 9.58. The Kier molecular flexibility index (Phi) is 6.38. The molecule has 0 unspecified atom stereocenters. The summed E-state index contributed by atoms with van der Waals surface area (Å²) in [6.45, 7) is 5.24. The summed E-state index contributed by atoms with van der Waals surface area (Å²) < 4.78 is 5.59. The van der Waals surface area contributed by atoms with E-state index in [1.807, 2.05) is 37.3 Å². The Balaban J connectivity index is 1.65. The third kappa shape index (κ3) is 4.69. The molecule has 26 heavy (non-hydrogen) atoms. The number of ether oxygens (including phenoxy) is 1. The molecule has 3 rings (SSSR count). The molecule has 7 heteroatoms. The van der Waals surface area contributed by atoms with E-state index in [9.17, 15) is 9.59 Å². The smallest absolute Gasteiger partial charge is 0.261 e. The number of benzene rings is 1. The standard InChI is InChI=1S/C19H23N3O3S/c1-2-21-19(24)17-7-6-16(26-17)13-4-3-5-14(10-13)18(23)22-12-15-11-20-8-9-25-15/h3-7,10,15,20H,2,8-9,11-12H2,1H3,(H,21,24)(H,22,23)/t15-/m1/s1. The highest BCUT2D eigenvalue weighted by Crippen LogP contribution is 2.28. The Bertz CT molecular complexity index is 769. The van der Waals surface area contributed by atoms with E-state index in [1.54, 1.807) is 6.07 Å². The second-order valence-corrected chi connectivity index (χ2v) is 7.09. The van der Waals surface area contributed by atoms with Crippen molar-refractivity contribution in [1.82, 2.24) is 16.0 Å². The highest BCUT2D eigenvalue weighted by atomic mass is 32.1. The third-order valence-electron chi connectivity index (χ3n) is 4.07. The van der Waals surface area contributed by atoms with Gasteiger partial charge in [-0.2, -0.15) is 0 Å². The molecule has 3 N–H and O–H groups in total. The van der Waals surface area contributed by atoms with Crippen molar-refractivity contribution in [2.75, 3.05) is 32.8 Å². The van der Waals surface area contributed by atoms with E-state index in [1.165, 1.54) is 11.3 Å². The van der Waals surface area contributed by atoms with Crippen LogP contribution in [0.3, 0.4) is 0 Å². The fourth-order valence-electron chi connectivity index (χ4n) is 2.74. The van der Waals surface area contributed by atoms with Gasteiger partial charge in [-0.25, -0.2) is 0 Å². The van der Waals surface area contributed by atoms with Gasteiger partial charge in [-0.1, -0.05) is 12.1 Å². The molecule has 1 aliphatic rings. The highest BCUT2D eigenvalue weighted by molar-refractivity contribution is 7.17. The lowest BCUT2D eigenvalue weighted by molar-refractivity contribution is 0.0287. The molecule has 2 heterocycles. The first-order valence-electron chi connectivity index (χ1n) is 8.76. The van der Waals surface area contributed by atoms with Gasteiger partial charge >= 0.3 is 0 Å². The number of nitrogens with one attached hydrogen (secondary N) is 3. The van der Waals surface area contributed by atoms with Crippen LogP contribution in [0.4, 0.5) is 0 Å². The summed E-state index contributed by atoms with van der Waals surface area (Å²) in [6.07, 6.45) is 0.00724. The molecule has 1 aromatic carbocycles. The number of hydrogen-bond acceptors (Lipinski definition) is 5. The second-order valence-electron chi connectivity index (χ2n) is 6.01. The Morgan fingerprint density at radius 3 is 2.88 bits per heavy atom. The summed E-state index contributed by atoms with van der Waals surface area (Å²) in [5.74, 6) is -0.194. The quantitative estimate of drug-likeness (QED) is 0.722. The van der Waals surface area contributed by atoms with Crippen molar-refractivity contribution in [2.45, 2.75) is 13.0 Å². The normalized spacial score (nSPS) is 16.9. The van der Waals surface area contributed by atoms with Crippen molar-refractivity contribution >= 4 is 23.2 Å². The van der Waals surface area contributed by atoms with Crippen LogP contribution in [0.5, 0.6) is 0 Å². The zero-order valence-electron chi connectivity index (χ0n) is 14.7. The number of thiophene rings is 1. The SMILES string of the molecule is CCNC(=O)c1ccc(-c2cccc(C(=O)NC[C@H]3CNCCO3)c2)s1. The molecule has 1 saturated heterocycles. The minimum atomic E-state index is -0.124. The lowest BCUT2D eigenvalue weighted by Gasteiger charge is -2.23. The predicted molar refractivity (Wildman–Crippen MR) is 103 cm³/mol. The molecule has 0 spiro atoms. The molecule has 138 valence electrons. The van der Waals surface area contributed by atoms with Gasteiger partial charge in [0, 0.05) is 36.6 Å². The van der Waals surface area contributed by atoms with Crippen molar-refractivity contribution in [3.05, 3.63) is 46.8 Å². The predicted octanol–water partition coefficient (Wildman–Crippen LogP) is 1.88. The Labute approximate surface area is 156 Å². The van der Waals surface area contributed by atoms with Crippen LogP contribution >= 0.6 is 11.3 Å². The van der Waals surface area contributed by atoms with E-state index in [4.69, 9.17) is 4.74 Å². The van der Waals surface area contributed by atoms with E-state index in [0.29, 0.717) is 30.1 Å². The molecular formula is C19H23N3O3S. The molecule has 0 bridgehead atoms. The fourth-order valence-corrected chi connectivity index (χ4v) is 3.65. The van der Waals surface area contributed by atoms with Crippen LogP contribution in [0, 0.1) is 0 Å². The van der Waals surface area contributed by atoms with Crippen LogP contribution in [0.2, 0.25) is 0 Å². The molecule has 0 saturated carbocycles. The molecule has 0 radical (unpaired) electrons. The van der Waals surface area contributed by atoms with Crippen LogP contribution in [0.25, 0.3) is 10.4 Å². The summed E-state index contributed by atoms with van der Waals surface area (Å²) in [7, 11) is 0. The molecule has 0 aliphatic carbocycles. The summed E-state index contributed by atoms with van der Waals surface area (Å²) in [5, 5.41) is 8.96. The Hall–Kier alpha value is -2.22. The highest BCUT2D eigenvalue weighted by Gasteiger charge is 2.16. The monoisotopic (exact) mass is 373 g/mol. The molecule has 2 amide bonds. The molecule has 1 fully saturated rings. The van der Waals surface area contributed by atoms with E-state index < -0.39 is 0 Å². The van der Waals surface area contributed by atoms with Gasteiger partial charge in [-0.3, -0.25) is 9.59 Å². The summed E-state index contributed by atoms with van der Waals surface area (Å²) in [4.78, 5) is 26.0. The van der Waals surface area contributed by atoms with E-state index >= 15 is 0 Å². The summed E-state index contributed by atoms with van der Waals surface area (Å²) >= 11 is 1.42. The molecular weight excluding hydrogens is 350 g/mol. The molecule has 1 aliphatic heterocycles. The minimum absolute atomic E-state index is 0.00724. The fraction of sp³-hybridized carbons (Fsp3) is 0.368. The van der Waals surface area contributed by atoms with Crippen molar-refractivity contribution in [2.24, 2.45) is 0 Å². The maximum absolute atomic E-state index is 12.4. The van der Waals surface area contributed by atoms with Crippen molar-refractivity contribution in [3.63, 3.8) is 0 Å². The van der Waals surface area contributed by atoms with Crippen LogP contribution in [-0.2, 0) is 4.74 Å². The van der Waals surface area contributed by atoms with E-state index in [0.717, 1.165) is 23.5 Å². The maximum atomic E-state index is 12.4. The lowest BCUT2D eigenvalue weighted by Crippen LogP contribution is -2.45. The zero-order chi connectivity index (χ0) is 18.4. The Morgan fingerprint density at radius 1 is 1.23 bits per heavy atom. The van der Waals surface area contributed by atoms with Crippen LogP contribution in [-0.4, -0.2) is 50.7 Å². The van der Waals surface area contributed by atoms with Crippen LogP contribution in [0.1, 0.15) is 27.0 Å².